The molecular weight excluding hydrogens is 342 g/mol. The summed E-state index contributed by atoms with van der Waals surface area (Å²) in [6, 6.07) is 14.5. The van der Waals surface area contributed by atoms with Gasteiger partial charge in [0.05, 0.1) is 9.20 Å². The molecule has 3 aromatic rings. The van der Waals surface area contributed by atoms with E-state index in [1.54, 1.807) is 24.3 Å². The van der Waals surface area contributed by atoms with Gasteiger partial charge >= 0.3 is 0 Å². The highest BCUT2D eigenvalue weighted by atomic mass is 35.5. The number of thiazole rings is 1. The highest BCUT2D eigenvalue weighted by Crippen LogP contribution is 2.10. The van der Waals surface area contributed by atoms with E-state index in [4.69, 9.17) is 11.6 Å². The van der Waals surface area contributed by atoms with Gasteiger partial charge in [-0.05, 0) is 48.4 Å². The van der Waals surface area contributed by atoms with Crippen LogP contribution < -0.4 is 14.8 Å². The Balaban J connectivity index is 2.00. The zero-order valence-electron chi connectivity index (χ0n) is 12.9. The number of Topliss-reactive ketones (excluding diaryl/α,β-unsaturated/α-hetero) is 1. The Morgan fingerprint density at radius 3 is 2.54 bits per heavy atom. The van der Waals surface area contributed by atoms with Gasteiger partial charge in [-0.25, -0.2) is 0 Å². The Bertz CT molecular complexity index is 1060. The van der Waals surface area contributed by atoms with Crippen LogP contribution in [-0.4, -0.2) is 10.8 Å². The Morgan fingerprint density at radius 1 is 1.12 bits per heavy atom. The minimum Gasteiger partial charge on any atom is -0.313 e. The number of hydrogen-bond donors (Lipinski definition) is 1. The van der Waals surface area contributed by atoms with E-state index in [0.717, 1.165) is 11.1 Å². The fraction of sp³-hybridized carbons (Fsp3) is 0.0526. The molecule has 1 heterocycles. The third-order valence-electron chi connectivity index (χ3n) is 3.55. The summed E-state index contributed by atoms with van der Waals surface area (Å²) < 4.78 is 1.10. The van der Waals surface area contributed by atoms with Crippen LogP contribution in [0.3, 0.4) is 0 Å². The lowest BCUT2D eigenvalue weighted by atomic mass is 10.1. The SMILES string of the molecule is Cc1ccccc1/C=c1\s/c(=C\C(=O)c2ccc(Cl)cc2)[nH]c1=O. The van der Waals surface area contributed by atoms with Crippen LogP contribution in [0.25, 0.3) is 12.2 Å². The molecule has 120 valence electrons. The number of rotatable bonds is 3. The van der Waals surface area contributed by atoms with E-state index < -0.39 is 0 Å². The van der Waals surface area contributed by atoms with Crippen molar-refractivity contribution in [2.75, 3.05) is 0 Å². The van der Waals surface area contributed by atoms with Crippen molar-refractivity contribution >= 4 is 40.9 Å². The summed E-state index contributed by atoms with van der Waals surface area (Å²) in [5, 5.41) is 0.575. The molecule has 0 unspecified atom stereocenters. The molecule has 0 saturated heterocycles. The lowest BCUT2D eigenvalue weighted by molar-refractivity contribution is 0.106. The van der Waals surface area contributed by atoms with Gasteiger partial charge in [-0.1, -0.05) is 35.9 Å². The predicted molar refractivity (Wildman–Crippen MR) is 99.2 cm³/mol. The molecule has 0 radical (unpaired) electrons. The van der Waals surface area contributed by atoms with Gasteiger partial charge < -0.3 is 4.98 Å². The molecule has 2 aromatic carbocycles. The number of carbonyl (C=O) groups is 1. The molecule has 1 N–H and O–H groups in total. The van der Waals surface area contributed by atoms with Gasteiger partial charge in [-0.15, -0.1) is 11.3 Å². The molecule has 0 aliphatic heterocycles. The quantitative estimate of drug-likeness (QED) is 0.734. The molecule has 3 rings (SSSR count). The first-order valence-electron chi connectivity index (χ1n) is 7.31. The van der Waals surface area contributed by atoms with Crippen molar-refractivity contribution in [3.63, 3.8) is 0 Å². The molecule has 0 aliphatic rings. The Labute approximate surface area is 147 Å². The van der Waals surface area contributed by atoms with E-state index in [1.807, 2.05) is 37.3 Å². The lowest BCUT2D eigenvalue weighted by Gasteiger charge is -1.96. The molecule has 24 heavy (non-hydrogen) atoms. The van der Waals surface area contributed by atoms with Crippen LogP contribution in [0.5, 0.6) is 0 Å². The van der Waals surface area contributed by atoms with Gasteiger partial charge in [0.1, 0.15) is 0 Å². The number of ketones is 1. The largest absolute Gasteiger partial charge is 0.313 e. The van der Waals surface area contributed by atoms with Crippen LogP contribution in [0.1, 0.15) is 21.5 Å². The van der Waals surface area contributed by atoms with Gasteiger partial charge in [-0.2, -0.15) is 0 Å². The standard InChI is InChI=1S/C19H14ClNO2S/c1-12-4-2-3-5-14(12)10-17-19(23)21-18(24-17)11-16(22)13-6-8-15(20)9-7-13/h2-11H,1H3,(H,21,23)/b17-10-,18-11-. The maximum Gasteiger partial charge on any atom is 0.266 e. The van der Waals surface area contributed by atoms with E-state index in [2.05, 4.69) is 4.98 Å². The maximum absolute atomic E-state index is 12.2. The fourth-order valence-electron chi connectivity index (χ4n) is 2.23. The monoisotopic (exact) mass is 355 g/mol. The molecule has 0 atom stereocenters. The number of aromatic amines is 1. The first-order chi connectivity index (χ1) is 11.5. The molecule has 3 nitrogen and oxygen atoms in total. The van der Waals surface area contributed by atoms with Gasteiger partial charge in [0.2, 0.25) is 0 Å². The molecule has 5 heteroatoms. The van der Waals surface area contributed by atoms with Gasteiger partial charge in [-0.3, -0.25) is 9.59 Å². The summed E-state index contributed by atoms with van der Waals surface area (Å²) >= 11 is 7.08. The second-order valence-corrected chi connectivity index (χ2v) is 6.82. The Morgan fingerprint density at radius 2 is 1.83 bits per heavy atom. The molecular formula is C19H14ClNO2S. The maximum atomic E-state index is 12.2. The fourth-order valence-corrected chi connectivity index (χ4v) is 3.23. The third-order valence-corrected chi connectivity index (χ3v) is 4.76. The smallest absolute Gasteiger partial charge is 0.266 e. The summed E-state index contributed by atoms with van der Waals surface area (Å²) in [5.74, 6) is -0.174. The van der Waals surface area contributed by atoms with E-state index in [0.29, 0.717) is 19.8 Å². The van der Waals surface area contributed by atoms with Crippen molar-refractivity contribution in [3.05, 3.63) is 89.8 Å². The molecule has 0 aliphatic carbocycles. The third kappa shape index (κ3) is 3.72. The number of aromatic nitrogens is 1. The molecule has 0 fully saturated rings. The summed E-state index contributed by atoms with van der Waals surface area (Å²) in [7, 11) is 0. The highest BCUT2D eigenvalue weighted by molar-refractivity contribution is 7.07. The van der Waals surface area contributed by atoms with E-state index in [-0.39, 0.29) is 11.3 Å². The van der Waals surface area contributed by atoms with E-state index >= 15 is 0 Å². The van der Waals surface area contributed by atoms with Crippen molar-refractivity contribution in [2.24, 2.45) is 0 Å². The molecule has 0 bridgehead atoms. The summed E-state index contributed by atoms with van der Waals surface area (Å²) in [6.45, 7) is 1.99. The van der Waals surface area contributed by atoms with Crippen molar-refractivity contribution < 1.29 is 4.79 Å². The second-order valence-electron chi connectivity index (χ2n) is 5.30. The number of halogens is 1. The minimum atomic E-state index is -0.196. The molecule has 0 spiro atoms. The second kappa shape index (κ2) is 6.99. The van der Waals surface area contributed by atoms with E-state index in [9.17, 15) is 9.59 Å². The molecule has 0 amide bonds. The minimum absolute atomic E-state index is 0.174. The van der Waals surface area contributed by atoms with Crippen LogP contribution in [0.15, 0.2) is 53.3 Å². The average Bonchev–Trinajstić information content (AvgIpc) is 2.89. The van der Waals surface area contributed by atoms with Crippen LogP contribution in [0.2, 0.25) is 5.02 Å². The summed E-state index contributed by atoms with van der Waals surface area (Å²) in [5.41, 5.74) is 2.41. The number of hydrogen-bond acceptors (Lipinski definition) is 3. The summed E-state index contributed by atoms with van der Waals surface area (Å²) in [6.07, 6.45) is 3.27. The average molecular weight is 356 g/mol. The number of H-pyrrole nitrogens is 1. The van der Waals surface area contributed by atoms with Crippen LogP contribution in [-0.2, 0) is 0 Å². The predicted octanol–water partition coefficient (Wildman–Crippen LogP) is 2.89. The van der Waals surface area contributed by atoms with Crippen molar-refractivity contribution in [2.45, 2.75) is 6.92 Å². The summed E-state index contributed by atoms with van der Waals surface area (Å²) in [4.78, 5) is 27.1. The van der Waals surface area contributed by atoms with Gasteiger partial charge in [0, 0.05) is 16.7 Å². The van der Waals surface area contributed by atoms with Crippen molar-refractivity contribution in [3.8, 4) is 0 Å². The highest BCUT2D eigenvalue weighted by Gasteiger charge is 2.03. The lowest BCUT2D eigenvalue weighted by Crippen LogP contribution is -2.20. The number of benzene rings is 2. The van der Waals surface area contributed by atoms with Gasteiger partial charge in [0.15, 0.2) is 5.78 Å². The molecule has 0 saturated carbocycles. The van der Waals surface area contributed by atoms with E-state index in [1.165, 1.54) is 17.4 Å². The van der Waals surface area contributed by atoms with Crippen LogP contribution in [0.4, 0.5) is 0 Å². The van der Waals surface area contributed by atoms with Crippen molar-refractivity contribution in [1.82, 2.24) is 4.98 Å². The first kappa shape index (κ1) is 16.4. The number of nitrogens with one attached hydrogen (secondary N) is 1. The zero-order valence-corrected chi connectivity index (χ0v) is 14.4. The van der Waals surface area contributed by atoms with Gasteiger partial charge in [0.25, 0.3) is 5.56 Å². The molecule has 1 aromatic heterocycles. The normalized spacial score (nSPS) is 12.6. The Kier molecular flexibility index (Phi) is 4.79. The van der Waals surface area contributed by atoms with Crippen LogP contribution in [0, 0.1) is 6.92 Å². The number of aryl methyl sites for hydroxylation is 1. The van der Waals surface area contributed by atoms with Crippen molar-refractivity contribution in [1.29, 1.82) is 0 Å². The number of carbonyl (C=O) groups excluding carboxylic acids is 1. The zero-order chi connectivity index (χ0) is 17.1. The topological polar surface area (TPSA) is 49.9 Å². The Hall–Kier alpha value is -2.43. The van der Waals surface area contributed by atoms with Crippen LogP contribution >= 0.6 is 22.9 Å². The first-order valence-corrected chi connectivity index (χ1v) is 8.50.